The third-order valence-electron chi connectivity index (χ3n) is 15.5. The average Bonchev–Trinajstić information content (AvgIpc) is 4.24. The summed E-state index contributed by atoms with van der Waals surface area (Å²) in [5, 5.41) is 14.2. The predicted molar refractivity (Wildman–Crippen MR) is 336 cm³/mol. The highest BCUT2D eigenvalue weighted by molar-refractivity contribution is 6.12. The topological polar surface area (TPSA) is 115 Å². The van der Waals surface area contributed by atoms with E-state index in [1.54, 1.807) is 0 Å². The summed E-state index contributed by atoms with van der Waals surface area (Å²) in [7, 11) is 0. The Bertz CT molecular complexity index is 4720. The van der Waals surface area contributed by atoms with Crippen molar-refractivity contribution in [3.05, 3.63) is 284 Å². The van der Waals surface area contributed by atoms with Crippen molar-refractivity contribution in [3.63, 3.8) is 0 Å². The molecule has 0 bridgehead atoms. The van der Waals surface area contributed by atoms with Gasteiger partial charge in [0.25, 0.3) is 0 Å². The van der Waals surface area contributed by atoms with E-state index in [1.807, 2.05) is 164 Å². The maximum Gasteiger partial charge on any atom is 0.188 e. The molecule has 4 aromatic heterocycles. The summed E-state index contributed by atoms with van der Waals surface area (Å²) in [5.41, 5.74) is 15.3. The summed E-state index contributed by atoms with van der Waals surface area (Å²) in [5.74, 6) is 3.16. The fourth-order valence-electron chi connectivity index (χ4n) is 11.7. The van der Waals surface area contributed by atoms with Crippen molar-refractivity contribution in [1.29, 1.82) is 5.26 Å². The molecule has 10 heteroatoms. The molecule has 15 rings (SSSR count). The van der Waals surface area contributed by atoms with Crippen LogP contribution in [-0.2, 0) is 0 Å². The van der Waals surface area contributed by atoms with Crippen LogP contribution in [0.2, 0.25) is 0 Å². The summed E-state index contributed by atoms with van der Waals surface area (Å²) in [6.45, 7) is 8.02. The van der Waals surface area contributed by atoms with Crippen LogP contribution in [0.25, 0.3) is 150 Å². The molecule has 0 spiro atoms. The van der Waals surface area contributed by atoms with Crippen LogP contribution in [0.15, 0.2) is 267 Å². The SMILES string of the molecule is [C-]#[N+]c1ccc2c(c1)c1ccccc1n2-c1cccc(-c2nc(-c3ccccc3)nc(-c3ccccc3)n2)c1-c1cccc(-c2c(-c3nc(-c4ccccc4)nc(-c4ccccc4)n3)cccc2-n2c3ccccc3c3cc(C#N)ccc32)c1. The standard InChI is InChI=1S/C74H44N10/c1-76-54-40-42-64-60(45-54)56-32-15-17-36-62(56)84(64)66-38-20-34-58(74-81-71(50-25-10-4-11-26-50)78-72(82-74)51-27-12-5-13-28-51)68(66)53-30-18-29-52(44-53)67-57(73-79-69(48-21-6-2-7-22-48)77-70(80-73)49-23-8-3-9-24-49)33-19-37-65(67)83-61-35-16-14-31-55(61)59-43-47(46-75)39-41-63(59)83/h2-45H. The van der Waals surface area contributed by atoms with E-state index >= 15 is 0 Å². The van der Waals surface area contributed by atoms with Gasteiger partial charge in [-0.15, -0.1) is 0 Å². The number of nitrogens with zero attached hydrogens (tertiary/aromatic N) is 10. The molecule has 0 unspecified atom stereocenters. The van der Waals surface area contributed by atoms with Crippen molar-refractivity contribution in [1.82, 2.24) is 39.0 Å². The molecule has 0 aliphatic heterocycles. The molecular weight excluding hydrogens is 1030 g/mol. The molecule has 0 N–H and O–H groups in total. The Hall–Kier alpha value is -12.0. The molecule has 0 radical (unpaired) electrons. The highest BCUT2D eigenvalue weighted by atomic mass is 15.1. The molecule has 15 aromatic rings. The van der Waals surface area contributed by atoms with Gasteiger partial charge in [0, 0.05) is 60.7 Å². The van der Waals surface area contributed by atoms with Gasteiger partial charge in [0.1, 0.15) is 0 Å². The fourth-order valence-corrected chi connectivity index (χ4v) is 11.7. The van der Waals surface area contributed by atoms with Gasteiger partial charge >= 0.3 is 0 Å². The van der Waals surface area contributed by atoms with Crippen molar-refractivity contribution in [3.8, 4) is 108 Å². The van der Waals surface area contributed by atoms with Gasteiger partial charge in [-0.25, -0.2) is 34.7 Å². The molecule has 11 aromatic carbocycles. The van der Waals surface area contributed by atoms with Crippen molar-refractivity contribution in [2.24, 2.45) is 0 Å². The van der Waals surface area contributed by atoms with E-state index in [4.69, 9.17) is 36.5 Å². The lowest BCUT2D eigenvalue weighted by molar-refractivity contribution is 1.07. The maximum absolute atomic E-state index is 10.2. The molecule has 0 saturated heterocycles. The zero-order chi connectivity index (χ0) is 56.1. The molecule has 84 heavy (non-hydrogen) atoms. The van der Waals surface area contributed by atoms with Crippen molar-refractivity contribution >= 4 is 49.3 Å². The van der Waals surface area contributed by atoms with E-state index in [0.717, 1.165) is 111 Å². The minimum atomic E-state index is 0.495. The maximum atomic E-state index is 10.2. The number of para-hydroxylation sites is 2. The predicted octanol–water partition coefficient (Wildman–Crippen LogP) is 18.0. The molecule has 0 amide bonds. The van der Waals surface area contributed by atoms with E-state index in [0.29, 0.717) is 46.2 Å². The molecule has 10 nitrogen and oxygen atoms in total. The van der Waals surface area contributed by atoms with Gasteiger partial charge in [-0.05, 0) is 77.2 Å². The number of rotatable bonds is 10. The highest BCUT2D eigenvalue weighted by Crippen LogP contribution is 2.46. The Morgan fingerprint density at radius 1 is 0.310 bits per heavy atom. The normalized spacial score (nSPS) is 11.3. The molecule has 0 fully saturated rings. The molecule has 0 aliphatic rings. The van der Waals surface area contributed by atoms with Crippen LogP contribution in [0, 0.1) is 17.9 Å². The summed E-state index contributed by atoms with van der Waals surface area (Å²) in [6.07, 6.45) is 0. The van der Waals surface area contributed by atoms with Crippen LogP contribution in [-0.4, -0.2) is 39.0 Å². The fraction of sp³-hybridized carbons (Fsp3) is 0. The summed E-state index contributed by atoms with van der Waals surface area (Å²) >= 11 is 0. The Labute approximate surface area is 483 Å². The van der Waals surface area contributed by atoms with Crippen LogP contribution in [0.3, 0.4) is 0 Å². The smallest absolute Gasteiger partial charge is 0.188 e. The molecule has 390 valence electrons. The number of hydrogen-bond donors (Lipinski definition) is 0. The first-order chi connectivity index (χ1) is 41.6. The molecular formula is C74H44N10. The van der Waals surface area contributed by atoms with Gasteiger partial charge in [-0.2, -0.15) is 5.26 Å². The van der Waals surface area contributed by atoms with Gasteiger partial charge in [0.2, 0.25) is 0 Å². The van der Waals surface area contributed by atoms with Gasteiger partial charge < -0.3 is 9.13 Å². The lowest BCUT2D eigenvalue weighted by Crippen LogP contribution is -2.05. The number of nitriles is 1. The monoisotopic (exact) mass is 1070 g/mol. The minimum Gasteiger partial charge on any atom is -0.309 e. The third-order valence-corrected chi connectivity index (χ3v) is 15.5. The first-order valence-corrected chi connectivity index (χ1v) is 27.5. The van der Waals surface area contributed by atoms with Gasteiger partial charge in [-0.1, -0.05) is 206 Å². The van der Waals surface area contributed by atoms with Gasteiger partial charge in [0.15, 0.2) is 40.6 Å². The molecule has 4 heterocycles. The second-order valence-corrected chi connectivity index (χ2v) is 20.4. The van der Waals surface area contributed by atoms with Crippen LogP contribution < -0.4 is 0 Å². The highest BCUT2D eigenvalue weighted by Gasteiger charge is 2.26. The number of fused-ring (bicyclic) bond motifs is 6. The number of hydrogen-bond acceptors (Lipinski definition) is 7. The van der Waals surface area contributed by atoms with Crippen molar-refractivity contribution in [2.75, 3.05) is 0 Å². The lowest BCUT2D eigenvalue weighted by Gasteiger charge is -2.21. The quantitative estimate of drug-likeness (QED) is 0.125. The number of benzene rings is 11. The van der Waals surface area contributed by atoms with Crippen LogP contribution >= 0.6 is 0 Å². The largest absolute Gasteiger partial charge is 0.309 e. The molecule has 0 atom stereocenters. The summed E-state index contributed by atoms with van der Waals surface area (Å²) in [4.78, 5) is 35.5. The first kappa shape index (κ1) is 49.1. The summed E-state index contributed by atoms with van der Waals surface area (Å²) in [6, 6.07) is 92.4. The van der Waals surface area contributed by atoms with Crippen molar-refractivity contribution < 1.29 is 0 Å². The van der Waals surface area contributed by atoms with E-state index in [1.165, 1.54) is 0 Å². The Morgan fingerprint density at radius 2 is 0.667 bits per heavy atom. The third kappa shape index (κ3) is 8.51. The van der Waals surface area contributed by atoms with Gasteiger partial charge in [-0.3, -0.25) is 0 Å². The van der Waals surface area contributed by atoms with E-state index in [-0.39, 0.29) is 0 Å². The summed E-state index contributed by atoms with van der Waals surface area (Å²) < 4.78 is 4.60. The lowest BCUT2D eigenvalue weighted by atomic mass is 9.91. The Kier molecular flexibility index (Phi) is 12.0. The van der Waals surface area contributed by atoms with E-state index < -0.39 is 0 Å². The second kappa shape index (κ2) is 20.6. The number of aromatic nitrogens is 8. The van der Waals surface area contributed by atoms with Crippen LogP contribution in [0.1, 0.15) is 5.56 Å². The molecule has 0 aliphatic carbocycles. The first-order valence-electron chi connectivity index (χ1n) is 27.5. The second-order valence-electron chi connectivity index (χ2n) is 20.4. The van der Waals surface area contributed by atoms with Gasteiger partial charge in [0.05, 0.1) is 51.6 Å². The van der Waals surface area contributed by atoms with E-state index in [9.17, 15) is 5.26 Å². The van der Waals surface area contributed by atoms with E-state index in [2.05, 4.69) is 123 Å². The van der Waals surface area contributed by atoms with Crippen LogP contribution in [0.5, 0.6) is 0 Å². The average molecular weight is 1070 g/mol. The minimum absolute atomic E-state index is 0.495. The molecule has 0 saturated carbocycles. The van der Waals surface area contributed by atoms with Crippen molar-refractivity contribution in [2.45, 2.75) is 0 Å². The Balaban J connectivity index is 1.05. The Morgan fingerprint density at radius 3 is 1.10 bits per heavy atom. The zero-order valence-electron chi connectivity index (χ0n) is 44.9. The zero-order valence-corrected chi connectivity index (χ0v) is 44.9. The van der Waals surface area contributed by atoms with Crippen LogP contribution in [0.4, 0.5) is 5.69 Å².